The molecule has 4 heteroatoms. The zero-order valence-electron chi connectivity index (χ0n) is 42.6. The van der Waals surface area contributed by atoms with Gasteiger partial charge in [-0.25, -0.2) is 0 Å². The van der Waals surface area contributed by atoms with Crippen LogP contribution in [0, 0.1) is 0 Å². The summed E-state index contributed by atoms with van der Waals surface area (Å²) in [7, 11) is 0. The highest BCUT2D eigenvalue weighted by Crippen LogP contribution is 2.65. The molecular formula is C73H56N4. The molecule has 4 nitrogen and oxygen atoms in total. The summed E-state index contributed by atoms with van der Waals surface area (Å²) >= 11 is 0. The molecule has 368 valence electrons. The minimum Gasteiger partial charge on any atom is -0.356 e. The average Bonchev–Trinajstić information content (AvgIpc) is 3.77. The first-order valence-corrected chi connectivity index (χ1v) is 26.6. The van der Waals surface area contributed by atoms with Crippen LogP contribution in [0.1, 0.15) is 28.7 Å². The van der Waals surface area contributed by atoms with Gasteiger partial charge in [0.1, 0.15) is 0 Å². The van der Waals surface area contributed by atoms with E-state index in [-0.39, 0.29) is 6.04 Å². The third-order valence-corrected chi connectivity index (χ3v) is 15.2. The van der Waals surface area contributed by atoms with Gasteiger partial charge in [0, 0.05) is 56.9 Å². The van der Waals surface area contributed by atoms with Gasteiger partial charge in [-0.15, -0.1) is 0 Å². The lowest BCUT2D eigenvalue weighted by Crippen LogP contribution is -2.36. The predicted molar refractivity (Wildman–Crippen MR) is 323 cm³/mol. The fourth-order valence-electron chi connectivity index (χ4n) is 12.0. The molecule has 1 N–H and O–H groups in total. The van der Waals surface area contributed by atoms with Crippen molar-refractivity contribution in [3.05, 3.63) is 343 Å². The Morgan fingerprint density at radius 3 is 1.10 bits per heavy atom. The van der Waals surface area contributed by atoms with E-state index in [1.165, 1.54) is 44.5 Å². The SMILES string of the molecule is C1=CC(N(c2ccccc2)c2ccccc2)CC2=C1c1ccc(N(c3ccccc3)c3ccccc3)cc1C21c2cc(Nc3ccccc3)ccc2-c2ccc(N(c3ccccc3)c3ccccc3)cc21.c1ccccc1. The Morgan fingerprint density at radius 1 is 0.312 bits per heavy atom. The molecule has 0 aromatic heterocycles. The van der Waals surface area contributed by atoms with Crippen LogP contribution in [0.2, 0.25) is 0 Å². The number of nitrogens with zero attached hydrogens (tertiary/aromatic N) is 3. The second-order valence-electron chi connectivity index (χ2n) is 19.7. The lowest BCUT2D eigenvalue weighted by atomic mass is 9.67. The Labute approximate surface area is 452 Å². The third kappa shape index (κ3) is 8.76. The summed E-state index contributed by atoms with van der Waals surface area (Å²) in [6.07, 6.45) is 5.68. The minimum atomic E-state index is -0.685. The van der Waals surface area contributed by atoms with Crippen LogP contribution in [0.25, 0.3) is 16.7 Å². The molecule has 2 atom stereocenters. The van der Waals surface area contributed by atoms with Crippen molar-refractivity contribution in [2.24, 2.45) is 0 Å². The summed E-state index contributed by atoms with van der Waals surface area (Å²) in [5.74, 6) is 0. The molecule has 14 rings (SSSR count). The Kier molecular flexibility index (Phi) is 12.6. The molecule has 2 unspecified atom stereocenters. The quantitative estimate of drug-likeness (QED) is 0.139. The number of rotatable bonds is 11. The van der Waals surface area contributed by atoms with Crippen molar-refractivity contribution in [3.63, 3.8) is 0 Å². The fourth-order valence-corrected chi connectivity index (χ4v) is 12.0. The number of benzene rings is 11. The number of hydrogen-bond donors (Lipinski definition) is 1. The van der Waals surface area contributed by atoms with E-state index in [0.29, 0.717) is 0 Å². The van der Waals surface area contributed by atoms with Crippen LogP contribution in [-0.4, -0.2) is 6.04 Å². The third-order valence-electron chi connectivity index (χ3n) is 15.2. The molecule has 77 heavy (non-hydrogen) atoms. The molecule has 0 saturated heterocycles. The van der Waals surface area contributed by atoms with E-state index < -0.39 is 5.41 Å². The Morgan fingerprint density at radius 2 is 0.662 bits per heavy atom. The Balaban J connectivity index is 0.000000885. The molecule has 3 aliphatic carbocycles. The van der Waals surface area contributed by atoms with Gasteiger partial charge in [-0.3, -0.25) is 0 Å². The lowest BCUT2D eigenvalue weighted by Gasteiger charge is -2.39. The molecule has 3 aliphatic rings. The molecular weight excluding hydrogens is 933 g/mol. The second kappa shape index (κ2) is 20.8. The zero-order valence-corrected chi connectivity index (χ0v) is 42.6. The Hall–Kier alpha value is -9.90. The van der Waals surface area contributed by atoms with Gasteiger partial charge in [-0.05, 0) is 172 Å². The summed E-state index contributed by atoms with van der Waals surface area (Å²) in [5, 5.41) is 3.82. The maximum absolute atomic E-state index is 3.82. The van der Waals surface area contributed by atoms with Gasteiger partial charge < -0.3 is 20.0 Å². The fraction of sp³-hybridized carbons (Fsp3) is 0.0411. The van der Waals surface area contributed by atoms with Gasteiger partial charge in [-0.1, -0.05) is 194 Å². The number of hydrogen-bond acceptors (Lipinski definition) is 4. The van der Waals surface area contributed by atoms with Crippen LogP contribution in [0.4, 0.5) is 56.9 Å². The summed E-state index contributed by atoms with van der Waals surface area (Å²) in [6.45, 7) is 0. The van der Waals surface area contributed by atoms with Crippen molar-refractivity contribution in [2.75, 3.05) is 20.0 Å². The zero-order chi connectivity index (χ0) is 51.4. The van der Waals surface area contributed by atoms with Gasteiger partial charge in [0.05, 0.1) is 11.5 Å². The highest BCUT2D eigenvalue weighted by atomic mass is 15.2. The number of fused-ring (bicyclic) bond motifs is 9. The van der Waals surface area contributed by atoms with Crippen molar-refractivity contribution >= 4 is 62.4 Å². The molecule has 0 aliphatic heterocycles. The first-order valence-electron chi connectivity index (χ1n) is 26.6. The maximum Gasteiger partial charge on any atom is 0.0691 e. The van der Waals surface area contributed by atoms with Gasteiger partial charge in [0.15, 0.2) is 0 Å². The summed E-state index contributed by atoms with van der Waals surface area (Å²) in [4.78, 5) is 7.34. The van der Waals surface area contributed by atoms with Crippen molar-refractivity contribution in [2.45, 2.75) is 17.9 Å². The molecule has 0 heterocycles. The average molecular weight is 989 g/mol. The van der Waals surface area contributed by atoms with Crippen LogP contribution < -0.4 is 20.0 Å². The van der Waals surface area contributed by atoms with Crippen LogP contribution in [0.15, 0.2) is 321 Å². The van der Waals surface area contributed by atoms with Gasteiger partial charge in [0.2, 0.25) is 0 Å². The molecule has 0 saturated carbocycles. The molecule has 1 spiro atoms. The van der Waals surface area contributed by atoms with E-state index in [4.69, 9.17) is 0 Å². The molecule has 0 amide bonds. The molecule has 0 bridgehead atoms. The van der Waals surface area contributed by atoms with E-state index in [0.717, 1.165) is 63.3 Å². The largest absolute Gasteiger partial charge is 0.356 e. The monoisotopic (exact) mass is 988 g/mol. The molecule has 0 radical (unpaired) electrons. The number of anilines is 10. The van der Waals surface area contributed by atoms with Gasteiger partial charge in [-0.2, -0.15) is 0 Å². The van der Waals surface area contributed by atoms with E-state index in [9.17, 15) is 0 Å². The first-order chi connectivity index (χ1) is 38.2. The minimum absolute atomic E-state index is 0.0146. The summed E-state index contributed by atoms with van der Waals surface area (Å²) < 4.78 is 0. The molecule has 11 aromatic carbocycles. The van der Waals surface area contributed by atoms with Crippen molar-refractivity contribution in [3.8, 4) is 11.1 Å². The van der Waals surface area contributed by atoms with E-state index in [1.54, 1.807) is 0 Å². The lowest BCUT2D eigenvalue weighted by molar-refractivity contribution is 0.663. The highest BCUT2D eigenvalue weighted by molar-refractivity contribution is 6.00. The molecule has 11 aromatic rings. The number of para-hydroxylation sites is 7. The standard InChI is InChI=1S/C67H50N4.C6H6/c1-8-22-48(23-9-1)68-49-36-40-59-60-41-37-56(69(50-24-10-2-11-25-50)51-26-12-3-13-27-51)45-64(60)67(63(59)44-49)65-46-57(70(52-28-14-4-15-29-52)53-30-16-5-17-31-53)38-42-61(65)62-43-39-58(47-66(62)67)71(54-32-18-6-19-33-54)55-34-20-7-21-35-55;1-2-4-6-5-3-1/h1-46,58,68H,47H2;1-6H. The van der Waals surface area contributed by atoms with Crippen LogP contribution in [0.5, 0.6) is 0 Å². The normalized spacial score (nSPS) is 15.3. The van der Waals surface area contributed by atoms with Gasteiger partial charge >= 0.3 is 0 Å². The van der Waals surface area contributed by atoms with E-state index in [2.05, 4.69) is 299 Å². The van der Waals surface area contributed by atoms with Gasteiger partial charge in [0.25, 0.3) is 0 Å². The predicted octanol–water partition coefficient (Wildman–Crippen LogP) is 19.3. The van der Waals surface area contributed by atoms with Crippen LogP contribution in [-0.2, 0) is 5.41 Å². The Bertz CT molecular complexity index is 3700. The smallest absolute Gasteiger partial charge is 0.0691 e. The first kappa shape index (κ1) is 46.9. The molecule has 0 fully saturated rings. The van der Waals surface area contributed by atoms with E-state index in [1.807, 2.05) is 36.4 Å². The van der Waals surface area contributed by atoms with Crippen molar-refractivity contribution in [1.82, 2.24) is 0 Å². The second-order valence-corrected chi connectivity index (χ2v) is 19.7. The van der Waals surface area contributed by atoms with Crippen LogP contribution >= 0.6 is 0 Å². The highest BCUT2D eigenvalue weighted by Gasteiger charge is 2.54. The number of nitrogens with one attached hydrogen (secondary N) is 1. The van der Waals surface area contributed by atoms with Crippen molar-refractivity contribution < 1.29 is 0 Å². The number of allylic oxidation sites excluding steroid dienone is 2. The summed E-state index contributed by atoms with van der Waals surface area (Å²) in [5.41, 5.74) is 20.7. The van der Waals surface area contributed by atoms with E-state index >= 15 is 0 Å². The van der Waals surface area contributed by atoms with Crippen LogP contribution in [0.3, 0.4) is 0 Å². The topological polar surface area (TPSA) is 21.8 Å². The van der Waals surface area contributed by atoms with Crippen molar-refractivity contribution in [1.29, 1.82) is 0 Å². The summed E-state index contributed by atoms with van der Waals surface area (Å²) in [6, 6.07) is 109. The maximum atomic E-state index is 3.82.